The highest BCUT2D eigenvalue weighted by atomic mass is 32.2. The van der Waals surface area contributed by atoms with Gasteiger partial charge in [0.2, 0.25) is 0 Å². The SMILES string of the molecule is CC(C)Sc1ccc(OC(F)F)c(-c2nn(Cc3nnn(C4CN(C5CCN(C)CC5)C4)n3)cc2NC(O)c2cnn3cccnc23)c1. The van der Waals surface area contributed by atoms with E-state index in [1.54, 1.807) is 62.5 Å². The van der Waals surface area contributed by atoms with Gasteiger partial charge in [0.15, 0.2) is 17.7 Å². The van der Waals surface area contributed by atoms with E-state index in [1.807, 2.05) is 13.8 Å². The number of fused-ring (bicyclic) bond motifs is 1. The Kier molecular flexibility index (Phi) is 9.26. The average Bonchev–Trinajstić information content (AvgIpc) is 3.77. The lowest BCUT2D eigenvalue weighted by Gasteiger charge is -2.45. The zero-order valence-electron chi connectivity index (χ0n) is 26.9. The van der Waals surface area contributed by atoms with Crippen LogP contribution in [0, 0.1) is 0 Å². The molecule has 0 radical (unpaired) electrons. The molecule has 48 heavy (non-hydrogen) atoms. The van der Waals surface area contributed by atoms with E-state index in [0.29, 0.717) is 40.0 Å². The normalized spacial score (nSPS) is 17.4. The summed E-state index contributed by atoms with van der Waals surface area (Å²) in [5, 5.41) is 37.0. The number of nitrogens with zero attached hydrogens (tertiary/aromatic N) is 11. The third kappa shape index (κ3) is 6.99. The van der Waals surface area contributed by atoms with Gasteiger partial charge in [-0.15, -0.1) is 22.0 Å². The summed E-state index contributed by atoms with van der Waals surface area (Å²) in [6.07, 6.45) is 7.63. The highest BCUT2D eigenvalue weighted by Gasteiger charge is 2.36. The highest BCUT2D eigenvalue weighted by Crippen LogP contribution is 2.39. The number of nitrogens with one attached hydrogen (secondary N) is 1. The molecule has 7 rings (SSSR count). The van der Waals surface area contributed by atoms with Gasteiger partial charge in [-0.1, -0.05) is 13.8 Å². The molecule has 1 unspecified atom stereocenters. The molecule has 2 N–H and O–H groups in total. The van der Waals surface area contributed by atoms with Crippen molar-refractivity contribution >= 4 is 23.1 Å². The number of ether oxygens (including phenoxy) is 1. The first-order valence-electron chi connectivity index (χ1n) is 16.0. The third-order valence-corrected chi connectivity index (χ3v) is 9.64. The molecule has 0 aliphatic carbocycles. The van der Waals surface area contributed by atoms with E-state index in [0.717, 1.165) is 31.1 Å². The number of halogens is 2. The Morgan fingerprint density at radius 1 is 1.12 bits per heavy atom. The molecule has 254 valence electrons. The van der Waals surface area contributed by atoms with Gasteiger partial charge in [-0.05, 0) is 62.5 Å². The molecule has 6 heterocycles. The topological polar surface area (TPSA) is 140 Å². The first-order valence-corrected chi connectivity index (χ1v) is 16.9. The van der Waals surface area contributed by atoms with Crippen molar-refractivity contribution in [1.82, 2.24) is 54.4 Å². The van der Waals surface area contributed by atoms with Gasteiger partial charge >= 0.3 is 6.61 Å². The smallest absolute Gasteiger partial charge is 0.387 e. The standard InChI is InChI=1S/C31H38F2N12O2S/c1-19(2)48-22-5-6-26(47-31(32)33)23(13-22)28-25(36-30(46)24-14-35-44-10-4-9-34-29(24)44)17-43(39-28)18-27-37-40-45(38-27)21-15-42(16-21)20-7-11-41(3)12-8-20/h4-6,9-10,13-14,17,19-21,30-31,36,46H,7-8,11-12,15-16,18H2,1-3H3. The van der Waals surface area contributed by atoms with Crippen LogP contribution in [0.25, 0.3) is 16.9 Å². The summed E-state index contributed by atoms with van der Waals surface area (Å²) in [4.78, 5) is 11.7. The molecular weight excluding hydrogens is 642 g/mol. The van der Waals surface area contributed by atoms with Crippen LogP contribution >= 0.6 is 11.8 Å². The lowest BCUT2D eigenvalue weighted by Crippen LogP contribution is -2.55. The number of alkyl halides is 2. The average molecular weight is 681 g/mol. The molecule has 1 aromatic carbocycles. The summed E-state index contributed by atoms with van der Waals surface area (Å²) in [7, 11) is 2.16. The van der Waals surface area contributed by atoms with Crippen LogP contribution in [-0.4, -0.2) is 111 Å². The molecule has 2 fully saturated rings. The van der Waals surface area contributed by atoms with Crippen LogP contribution in [-0.2, 0) is 6.54 Å². The molecular formula is C31H38F2N12O2S. The number of aromatic nitrogens is 9. The molecule has 14 nitrogen and oxygen atoms in total. The maximum atomic E-state index is 13.6. The van der Waals surface area contributed by atoms with Crippen molar-refractivity contribution < 1.29 is 18.6 Å². The molecule has 17 heteroatoms. The van der Waals surface area contributed by atoms with Crippen molar-refractivity contribution in [3.8, 4) is 17.0 Å². The number of likely N-dealkylation sites (tertiary alicyclic amines) is 2. The molecule has 1 atom stereocenters. The van der Waals surface area contributed by atoms with Gasteiger partial charge < -0.3 is 20.1 Å². The zero-order valence-corrected chi connectivity index (χ0v) is 27.7. The molecule has 5 aromatic rings. The predicted octanol–water partition coefficient (Wildman–Crippen LogP) is 3.78. The fourth-order valence-electron chi connectivity index (χ4n) is 6.22. The Labute approximate surface area is 280 Å². The monoisotopic (exact) mass is 680 g/mol. The van der Waals surface area contributed by atoms with E-state index in [4.69, 9.17) is 9.84 Å². The van der Waals surface area contributed by atoms with E-state index < -0.39 is 12.8 Å². The van der Waals surface area contributed by atoms with Crippen LogP contribution < -0.4 is 10.1 Å². The van der Waals surface area contributed by atoms with Gasteiger partial charge in [0.25, 0.3) is 0 Å². The zero-order chi connectivity index (χ0) is 33.4. The molecule has 0 spiro atoms. The number of thioether (sulfide) groups is 1. The predicted molar refractivity (Wildman–Crippen MR) is 175 cm³/mol. The number of hydrogen-bond acceptors (Lipinski definition) is 12. The first-order chi connectivity index (χ1) is 23.2. The summed E-state index contributed by atoms with van der Waals surface area (Å²) in [5.74, 6) is 0.413. The molecule has 4 aromatic heterocycles. The van der Waals surface area contributed by atoms with Crippen LogP contribution in [0.5, 0.6) is 5.75 Å². The Bertz CT molecular complexity index is 1850. The number of tetrazole rings is 1. The molecule has 2 saturated heterocycles. The number of aliphatic hydroxyl groups excluding tert-OH is 1. The lowest BCUT2D eigenvalue weighted by molar-refractivity contribution is -0.0494. The van der Waals surface area contributed by atoms with Gasteiger partial charge in [-0.3, -0.25) is 9.58 Å². The van der Waals surface area contributed by atoms with Gasteiger partial charge in [-0.2, -0.15) is 23.8 Å². The summed E-state index contributed by atoms with van der Waals surface area (Å²) >= 11 is 1.58. The van der Waals surface area contributed by atoms with Gasteiger partial charge in [0, 0.05) is 53.4 Å². The second kappa shape index (κ2) is 13.7. The fraction of sp³-hybridized carbons (Fsp3) is 0.484. The quantitative estimate of drug-likeness (QED) is 0.146. The second-order valence-corrected chi connectivity index (χ2v) is 14.1. The Morgan fingerprint density at radius 2 is 1.94 bits per heavy atom. The van der Waals surface area contributed by atoms with E-state index in [9.17, 15) is 13.9 Å². The summed E-state index contributed by atoms with van der Waals surface area (Å²) in [6.45, 7) is 5.23. The third-order valence-electron chi connectivity index (χ3n) is 8.64. The fourth-order valence-corrected chi connectivity index (χ4v) is 7.10. The minimum atomic E-state index is -3.04. The van der Waals surface area contributed by atoms with Crippen LogP contribution in [0.1, 0.15) is 50.3 Å². The number of anilines is 1. The Hall–Kier alpha value is -4.19. The molecule has 2 aliphatic rings. The van der Waals surface area contributed by atoms with Crippen molar-refractivity contribution in [1.29, 1.82) is 0 Å². The Balaban J connectivity index is 1.16. The van der Waals surface area contributed by atoms with E-state index in [-0.39, 0.29) is 23.6 Å². The molecule has 0 saturated carbocycles. The number of benzene rings is 1. The van der Waals surface area contributed by atoms with Crippen molar-refractivity contribution in [3.63, 3.8) is 0 Å². The van der Waals surface area contributed by atoms with Gasteiger partial charge in [-0.25, -0.2) is 9.50 Å². The lowest BCUT2D eigenvalue weighted by atomic mass is 9.98. The van der Waals surface area contributed by atoms with Crippen LogP contribution in [0.4, 0.5) is 14.5 Å². The maximum absolute atomic E-state index is 13.6. The number of aliphatic hydroxyl groups is 1. The summed E-state index contributed by atoms with van der Waals surface area (Å²) < 4.78 is 35.2. The van der Waals surface area contributed by atoms with Crippen molar-refractivity contribution in [2.75, 3.05) is 38.5 Å². The van der Waals surface area contributed by atoms with E-state index in [2.05, 4.69) is 47.7 Å². The minimum absolute atomic E-state index is 0.0400. The van der Waals surface area contributed by atoms with Crippen LogP contribution in [0.3, 0.4) is 0 Å². The van der Waals surface area contributed by atoms with E-state index >= 15 is 0 Å². The largest absolute Gasteiger partial charge is 0.434 e. The van der Waals surface area contributed by atoms with Crippen LogP contribution in [0.15, 0.2) is 53.9 Å². The van der Waals surface area contributed by atoms with Crippen molar-refractivity contribution in [3.05, 3.63) is 60.4 Å². The minimum Gasteiger partial charge on any atom is -0.434 e. The van der Waals surface area contributed by atoms with Gasteiger partial charge in [0.1, 0.15) is 18.0 Å². The van der Waals surface area contributed by atoms with E-state index in [1.165, 1.54) is 25.1 Å². The number of hydrogen-bond donors (Lipinski definition) is 2. The van der Waals surface area contributed by atoms with Gasteiger partial charge in [0.05, 0.1) is 23.5 Å². The highest BCUT2D eigenvalue weighted by molar-refractivity contribution is 7.99. The van der Waals surface area contributed by atoms with Crippen molar-refractivity contribution in [2.45, 2.75) is 68.3 Å². The van der Waals surface area contributed by atoms with Crippen LogP contribution in [0.2, 0.25) is 0 Å². The number of rotatable bonds is 12. The maximum Gasteiger partial charge on any atom is 0.387 e. The summed E-state index contributed by atoms with van der Waals surface area (Å²) in [5.41, 5.74) is 1.92. The molecule has 2 aliphatic heterocycles. The molecule has 0 amide bonds. The molecule has 0 bridgehead atoms. The van der Waals surface area contributed by atoms with Crippen molar-refractivity contribution in [2.24, 2.45) is 0 Å². The Morgan fingerprint density at radius 3 is 2.71 bits per heavy atom. The summed E-state index contributed by atoms with van der Waals surface area (Å²) in [6, 6.07) is 7.51. The second-order valence-electron chi connectivity index (χ2n) is 12.5. The number of piperidine rings is 1. The first kappa shape index (κ1) is 32.4.